The van der Waals surface area contributed by atoms with E-state index in [2.05, 4.69) is 0 Å². The van der Waals surface area contributed by atoms with Crippen molar-refractivity contribution < 1.29 is 9.90 Å². The molecule has 0 aliphatic heterocycles. The second kappa shape index (κ2) is 3.54. The molecule has 2 rings (SSSR count). The molecule has 2 nitrogen and oxygen atoms in total. The number of carbonyl (C=O) groups is 1. The first-order chi connectivity index (χ1) is 6.78. The number of benzene rings is 1. The Balaban J connectivity index is 2.23. The van der Waals surface area contributed by atoms with Crippen LogP contribution in [0.4, 0.5) is 0 Å². The average Bonchev–Trinajstić information content (AvgIpc) is 2.18. The summed E-state index contributed by atoms with van der Waals surface area (Å²) < 4.78 is 0. The summed E-state index contributed by atoms with van der Waals surface area (Å²) in [5.74, 6) is 0.104. The molecule has 0 heterocycles. The van der Waals surface area contributed by atoms with Crippen LogP contribution in [0, 0.1) is 5.41 Å². The number of Topliss-reactive ketones (excluding diaryl/α,β-unsaturated/α-hetero) is 1. The van der Waals surface area contributed by atoms with Crippen molar-refractivity contribution in [2.45, 2.75) is 19.3 Å². The maximum atomic E-state index is 12.0. The van der Waals surface area contributed by atoms with Crippen LogP contribution in [0.2, 0.25) is 0 Å². The lowest BCUT2D eigenvalue weighted by Gasteiger charge is -2.38. The van der Waals surface area contributed by atoms with Crippen LogP contribution >= 0.6 is 0 Å². The van der Waals surface area contributed by atoms with Crippen molar-refractivity contribution in [1.82, 2.24) is 0 Å². The highest BCUT2D eigenvalue weighted by molar-refractivity contribution is 6.01. The van der Waals surface area contributed by atoms with E-state index in [1.54, 1.807) is 0 Å². The van der Waals surface area contributed by atoms with E-state index in [1.165, 1.54) is 0 Å². The third-order valence-electron chi connectivity index (χ3n) is 3.13. The molecule has 0 bridgehead atoms. The molecule has 0 radical (unpaired) electrons. The maximum Gasteiger partial charge on any atom is 0.171 e. The maximum absolute atomic E-state index is 12.0. The van der Waals surface area contributed by atoms with Crippen LogP contribution in [0.5, 0.6) is 0 Å². The van der Waals surface area contributed by atoms with Gasteiger partial charge >= 0.3 is 0 Å². The topological polar surface area (TPSA) is 37.3 Å². The number of rotatable bonds is 3. The molecule has 0 amide bonds. The summed E-state index contributed by atoms with van der Waals surface area (Å²) in [7, 11) is 0. The van der Waals surface area contributed by atoms with E-state index in [0.717, 1.165) is 24.8 Å². The molecule has 2 heteroatoms. The number of ketones is 1. The van der Waals surface area contributed by atoms with Gasteiger partial charge in [0.05, 0.1) is 12.0 Å². The van der Waals surface area contributed by atoms with E-state index in [-0.39, 0.29) is 12.4 Å². The number of aliphatic hydroxyl groups excluding tert-OH is 1. The van der Waals surface area contributed by atoms with Crippen LogP contribution in [0.25, 0.3) is 0 Å². The standard InChI is InChI=1S/C12H14O2/c13-9-12(7-4-8-12)11(14)10-5-2-1-3-6-10/h1-3,5-6,13H,4,7-9H2. The lowest BCUT2D eigenvalue weighted by atomic mass is 9.65. The Bertz CT molecular complexity index is 320. The molecule has 1 aliphatic rings. The summed E-state index contributed by atoms with van der Waals surface area (Å²) >= 11 is 0. The van der Waals surface area contributed by atoms with E-state index in [0.29, 0.717) is 0 Å². The number of aliphatic hydroxyl groups is 1. The molecule has 0 saturated heterocycles. The smallest absolute Gasteiger partial charge is 0.171 e. The van der Waals surface area contributed by atoms with Crippen LogP contribution < -0.4 is 0 Å². The Morgan fingerprint density at radius 3 is 2.36 bits per heavy atom. The highest BCUT2D eigenvalue weighted by atomic mass is 16.3. The van der Waals surface area contributed by atoms with E-state index in [1.807, 2.05) is 30.3 Å². The van der Waals surface area contributed by atoms with E-state index in [9.17, 15) is 9.90 Å². The van der Waals surface area contributed by atoms with Crippen molar-refractivity contribution in [2.24, 2.45) is 5.41 Å². The van der Waals surface area contributed by atoms with Gasteiger partial charge in [0, 0.05) is 5.56 Å². The predicted octanol–water partition coefficient (Wildman–Crippen LogP) is 2.03. The minimum Gasteiger partial charge on any atom is -0.395 e. The number of hydrogen-bond acceptors (Lipinski definition) is 2. The Morgan fingerprint density at radius 1 is 1.29 bits per heavy atom. The first kappa shape index (κ1) is 9.41. The zero-order valence-electron chi connectivity index (χ0n) is 8.07. The van der Waals surface area contributed by atoms with Gasteiger partial charge in [-0.15, -0.1) is 0 Å². The van der Waals surface area contributed by atoms with Crippen molar-refractivity contribution in [3.05, 3.63) is 35.9 Å². The van der Waals surface area contributed by atoms with Crippen LogP contribution in [0.15, 0.2) is 30.3 Å². The molecule has 14 heavy (non-hydrogen) atoms. The molecule has 1 N–H and O–H groups in total. The minimum absolute atomic E-state index is 0.0132. The third-order valence-corrected chi connectivity index (χ3v) is 3.13. The van der Waals surface area contributed by atoms with Gasteiger partial charge in [0.2, 0.25) is 0 Å². The first-order valence-electron chi connectivity index (χ1n) is 4.99. The minimum atomic E-state index is -0.457. The van der Waals surface area contributed by atoms with Gasteiger partial charge in [-0.2, -0.15) is 0 Å². The van der Waals surface area contributed by atoms with Crippen molar-refractivity contribution in [1.29, 1.82) is 0 Å². The quantitative estimate of drug-likeness (QED) is 0.740. The van der Waals surface area contributed by atoms with Gasteiger partial charge in [0.15, 0.2) is 5.78 Å². The predicted molar refractivity (Wildman–Crippen MR) is 54.1 cm³/mol. The van der Waals surface area contributed by atoms with E-state index >= 15 is 0 Å². The van der Waals surface area contributed by atoms with Crippen LogP contribution in [0.3, 0.4) is 0 Å². The average molecular weight is 190 g/mol. The lowest BCUT2D eigenvalue weighted by molar-refractivity contribution is 0.0348. The third kappa shape index (κ3) is 1.36. The molecule has 0 aromatic heterocycles. The normalized spacial score (nSPS) is 18.6. The summed E-state index contributed by atoms with van der Waals surface area (Å²) in [5.41, 5.74) is 0.266. The van der Waals surface area contributed by atoms with Crippen LogP contribution in [0.1, 0.15) is 29.6 Å². The second-order valence-electron chi connectivity index (χ2n) is 3.99. The fourth-order valence-corrected chi connectivity index (χ4v) is 1.96. The fourth-order valence-electron chi connectivity index (χ4n) is 1.96. The molecule has 1 aliphatic carbocycles. The van der Waals surface area contributed by atoms with Crippen molar-refractivity contribution in [2.75, 3.05) is 6.61 Å². The lowest BCUT2D eigenvalue weighted by Crippen LogP contribution is -2.41. The Kier molecular flexibility index (Phi) is 2.38. The molecule has 1 saturated carbocycles. The van der Waals surface area contributed by atoms with E-state index < -0.39 is 5.41 Å². The van der Waals surface area contributed by atoms with Gasteiger partial charge in [0.25, 0.3) is 0 Å². The van der Waals surface area contributed by atoms with Crippen molar-refractivity contribution in [3.63, 3.8) is 0 Å². The van der Waals surface area contributed by atoms with Crippen LogP contribution in [-0.2, 0) is 0 Å². The zero-order valence-corrected chi connectivity index (χ0v) is 8.07. The summed E-state index contributed by atoms with van der Waals surface area (Å²) in [5, 5.41) is 9.25. The van der Waals surface area contributed by atoms with Gasteiger partial charge in [-0.1, -0.05) is 36.8 Å². The van der Waals surface area contributed by atoms with Gasteiger partial charge in [-0.3, -0.25) is 4.79 Å². The number of hydrogen-bond donors (Lipinski definition) is 1. The van der Waals surface area contributed by atoms with Crippen LogP contribution in [-0.4, -0.2) is 17.5 Å². The molecule has 1 aromatic rings. The van der Waals surface area contributed by atoms with Gasteiger partial charge in [-0.05, 0) is 12.8 Å². The number of carbonyl (C=O) groups excluding carboxylic acids is 1. The highest BCUT2D eigenvalue weighted by Gasteiger charge is 2.43. The molecule has 74 valence electrons. The Hall–Kier alpha value is -1.15. The van der Waals surface area contributed by atoms with Crippen molar-refractivity contribution in [3.8, 4) is 0 Å². The molecular formula is C12H14O2. The van der Waals surface area contributed by atoms with Gasteiger partial charge in [-0.25, -0.2) is 0 Å². The molecular weight excluding hydrogens is 176 g/mol. The fraction of sp³-hybridized carbons (Fsp3) is 0.417. The second-order valence-corrected chi connectivity index (χ2v) is 3.99. The Morgan fingerprint density at radius 2 is 1.93 bits per heavy atom. The largest absolute Gasteiger partial charge is 0.395 e. The summed E-state index contributed by atoms with van der Waals surface area (Å²) in [4.78, 5) is 12.0. The van der Waals surface area contributed by atoms with Gasteiger partial charge in [0.1, 0.15) is 0 Å². The molecule has 0 spiro atoms. The van der Waals surface area contributed by atoms with Crippen molar-refractivity contribution >= 4 is 5.78 Å². The van der Waals surface area contributed by atoms with Gasteiger partial charge < -0.3 is 5.11 Å². The van der Waals surface area contributed by atoms with E-state index in [4.69, 9.17) is 0 Å². The summed E-state index contributed by atoms with van der Waals surface area (Å²) in [6, 6.07) is 9.24. The summed E-state index contributed by atoms with van der Waals surface area (Å²) in [6.07, 6.45) is 2.72. The Labute approximate surface area is 83.6 Å². The molecule has 1 aromatic carbocycles. The molecule has 0 unspecified atom stereocenters. The monoisotopic (exact) mass is 190 g/mol. The zero-order chi connectivity index (χ0) is 10.0. The highest BCUT2D eigenvalue weighted by Crippen LogP contribution is 2.42. The first-order valence-corrected chi connectivity index (χ1v) is 4.99. The molecule has 0 atom stereocenters. The SMILES string of the molecule is O=C(c1ccccc1)C1(CO)CCC1. The summed E-state index contributed by atoms with van der Waals surface area (Å²) in [6.45, 7) is -0.0132. The molecule has 1 fully saturated rings.